The highest BCUT2D eigenvalue weighted by Gasteiger charge is 2.19. The Labute approximate surface area is 481 Å². The fourth-order valence-corrected chi connectivity index (χ4v) is 8.65. The van der Waals surface area contributed by atoms with E-state index in [0.717, 1.165) is 141 Å². The fraction of sp³-hybridized carbons (Fsp3) is 0.653. The van der Waals surface area contributed by atoms with Crippen molar-refractivity contribution < 1.29 is 28.6 Å². The van der Waals surface area contributed by atoms with Crippen molar-refractivity contribution >= 4 is 17.9 Å². The third kappa shape index (κ3) is 62.4. The molecule has 442 valence electrons. The Morgan fingerprint density at radius 1 is 0.269 bits per heavy atom. The second kappa shape index (κ2) is 65.1. The number of unbranched alkanes of at least 4 members (excludes halogenated alkanes) is 24. The second-order valence-electron chi connectivity index (χ2n) is 20.9. The molecule has 0 fully saturated rings. The number of rotatable bonds is 57. The van der Waals surface area contributed by atoms with Crippen LogP contribution in [0.3, 0.4) is 0 Å². The Morgan fingerprint density at radius 2 is 0.500 bits per heavy atom. The maximum Gasteiger partial charge on any atom is 0.306 e. The molecule has 0 saturated carbocycles. The van der Waals surface area contributed by atoms with Crippen LogP contribution in [0.2, 0.25) is 0 Å². The third-order valence-electron chi connectivity index (χ3n) is 13.4. The summed E-state index contributed by atoms with van der Waals surface area (Å²) in [7, 11) is 0. The lowest BCUT2D eigenvalue weighted by atomic mass is 10.1. The van der Waals surface area contributed by atoms with Gasteiger partial charge in [0, 0.05) is 19.3 Å². The molecule has 0 bridgehead atoms. The van der Waals surface area contributed by atoms with Crippen LogP contribution in [0.5, 0.6) is 0 Å². The summed E-state index contributed by atoms with van der Waals surface area (Å²) in [5.41, 5.74) is 0. The minimum atomic E-state index is -0.789. The van der Waals surface area contributed by atoms with E-state index in [0.29, 0.717) is 19.3 Å². The van der Waals surface area contributed by atoms with Gasteiger partial charge in [-0.3, -0.25) is 14.4 Å². The molecule has 0 saturated heterocycles. The van der Waals surface area contributed by atoms with Crippen LogP contribution in [0.4, 0.5) is 0 Å². The van der Waals surface area contributed by atoms with Crippen molar-refractivity contribution in [3.8, 4) is 0 Å². The molecule has 0 aromatic heterocycles. The van der Waals surface area contributed by atoms with Crippen LogP contribution in [0.1, 0.15) is 284 Å². The molecule has 0 N–H and O–H groups in total. The zero-order valence-electron chi connectivity index (χ0n) is 50.6. The van der Waals surface area contributed by atoms with Crippen LogP contribution < -0.4 is 0 Å². The van der Waals surface area contributed by atoms with Gasteiger partial charge in [0.25, 0.3) is 0 Å². The average Bonchev–Trinajstić information content (AvgIpc) is 3.44. The zero-order chi connectivity index (χ0) is 56.4. The molecule has 0 rings (SSSR count). The van der Waals surface area contributed by atoms with Gasteiger partial charge in [-0.2, -0.15) is 0 Å². The highest BCUT2D eigenvalue weighted by atomic mass is 16.6. The van der Waals surface area contributed by atoms with Crippen molar-refractivity contribution in [3.63, 3.8) is 0 Å². The van der Waals surface area contributed by atoms with Gasteiger partial charge in [0.05, 0.1) is 0 Å². The Balaban J connectivity index is 4.24. The molecular formula is C72H118O6. The van der Waals surface area contributed by atoms with Crippen LogP contribution in [0.15, 0.2) is 134 Å². The summed E-state index contributed by atoms with van der Waals surface area (Å²) in [4.78, 5) is 38.2. The van der Waals surface area contributed by atoms with E-state index in [2.05, 4.69) is 154 Å². The Kier molecular flexibility index (Phi) is 61.4. The average molecular weight is 1080 g/mol. The summed E-state index contributed by atoms with van der Waals surface area (Å²) in [5.74, 6) is -0.903. The molecule has 78 heavy (non-hydrogen) atoms. The summed E-state index contributed by atoms with van der Waals surface area (Å²) >= 11 is 0. The molecule has 0 spiro atoms. The van der Waals surface area contributed by atoms with Crippen molar-refractivity contribution in [3.05, 3.63) is 134 Å². The van der Waals surface area contributed by atoms with Crippen molar-refractivity contribution in [2.45, 2.75) is 290 Å². The van der Waals surface area contributed by atoms with E-state index < -0.39 is 6.10 Å². The first-order valence-corrected chi connectivity index (χ1v) is 32.2. The molecule has 1 atom stereocenters. The third-order valence-corrected chi connectivity index (χ3v) is 13.4. The first kappa shape index (κ1) is 73.5. The Hall–Kier alpha value is -4.45. The van der Waals surface area contributed by atoms with Gasteiger partial charge in [-0.15, -0.1) is 0 Å². The fourth-order valence-electron chi connectivity index (χ4n) is 8.65. The van der Waals surface area contributed by atoms with Gasteiger partial charge in [0.15, 0.2) is 6.10 Å². The minimum absolute atomic E-state index is 0.0852. The van der Waals surface area contributed by atoms with Crippen LogP contribution >= 0.6 is 0 Å². The Morgan fingerprint density at radius 3 is 0.782 bits per heavy atom. The molecule has 0 aliphatic heterocycles. The van der Waals surface area contributed by atoms with Crippen molar-refractivity contribution in [2.24, 2.45) is 0 Å². The number of allylic oxidation sites excluding steroid dienone is 22. The summed E-state index contributed by atoms with van der Waals surface area (Å²) in [6.07, 6.45) is 91.8. The van der Waals surface area contributed by atoms with Gasteiger partial charge in [0.1, 0.15) is 13.2 Å². The summed E-state index contributed by atoms with van der Waals surface area (Å²) in [6.45, 7) is 6.39. The molecule has 1 unspecified atom stereocenters. The first-order valence-electron chi connectivity index (χ1n) is 32.2. The lowest BCUT2D eigenvalue weighted by Crippen LogP contribution is -2.30. The smallest absolute Gasteiger partial charge is 0.306 e. The summed E-state index contributed by atoms with van der Waals surface area (Å²) in [6, 6.07) is 0. The predicted octanol–water partition coefficient (Wildman–Crippen LogP) is 22.2. The van der Waals surface area contributed by atoms with Crippen molar-refractivity contribution in [1.29, 1.82) is 0 Å². The Bertz CT molecular complexity index is 1670. The molecule has 6 nitrogen and oxygen atoms in total. The standard InChI is InChI=1S/C72H118O6/c1-4-7-10-13-16-19-22-24-26-28-29-30-31-32-33-34-35-36-37-38-39-40-41-42-43-45-46-48-50-53-56-59-62-65-71(74)77-68-69(67-76-70(73)64-61-58-55-52-21-18-15-12-9-6-3)78-72(75)66-63-60-57-54-51-49-47-44-27-25-23-20-17-14-11-8-5-2/h7-8,10-11,16-17,19-20,24-27,29-30,32-33,35-36,38-39,41-42,69H,4-6,9,12-15,18,21-23,28,31,34,37,40,43-68H2,1-3H3/b10-7-,11-8-,19-16-,20-17-,26-24-,27-25-,30-29-,33-32-,36-35-,39-38-,42-41-. The largest absolute Gasteiger partial charge is 0.462 e. The van der Waals surface area contributed by atoms with Gasteiger partial charge in [0.2, 0.25) is 0 Å². The van der Waals surface area contributed by atoms with E-state index in [9.17, 15) is 14.4 Å². The maximum absolute atomic E-state index is 12.9. The van der Waals surface area contributed by atoms with E-state index in [1.165, 1.54) is 103 Å². The number of carbonyl (C=O) groups excluding carboxylic acids is 3. The topological polar surface area (TPSA) is 78.9 Å². The number of hydrogen-bond donors (Lipinski definition) is 0. The van der Waals surface area contributed by atoms with Gasteiger partial charge < -0.3 is 14.2 Å². The lowest BCUT2D eigenvalue weighted by Gasteiger charge is -2.18. The molecule has 0 aliphatic carbocycles. The summed E-state index contributed by atoms with van der Waals surface area (Å²) in [5, 5.41) is 0. The minimum Gasteiger partial charge on any atom is -0.462 e. The zero-order valence-corrected chi connectivity index (χ0v) is 50.6. The van der Waals surface area contributed by atoms with Gasteiger partial charge >= 0.3 is 17.9 Å². The number of hydrogen-bond acceptors (Lipinski definition) is 6. The van der Waals surface area contributed by atoms with Crippen LogP contribution in [0, 0.1) is 0 Å². The van der Waals surface area contributed by atoms with Crippen molar-refractivity contribution in [1.82, 2.24) is 0 Å². The molecule has 0 aliphatic rings. The number of ether oxygens (including phenoxy) is 3. The number of esters is 3. The summed E-state index contributed by atoms with van der Waals surface area (Å²) < 4.78 is 16.9. The lowest BCUT2D eigenvalue weighted by molar-refractivity contribution is -0.167. The second-order valence-corrected chi connectivity index (χ2v) is 20.9. The van der Waals surface area contributed by atoms with Crippen LogP contribution in [0.25, 0.3) is 0 Å². The van der Waals surface area contributed by atoms with Crippen molar-refractivity contribution in [2.75, 3.05) is 13.2 Å². The highest BCUT2D eigenvalue weighted by molar-refractivity contribution is 5.71. The molecule has 0 aromatic carbocycles. The van der Waals surface area contributed by atoms with Gasteiger partial charge in [-0.05, 0) is 116 Å². The molecule has 0 heterocycles. The monoisotopic (exact) mass is 1080 g/mol. The first-order chi connectivity index (χ1) is 38.5. The number of carbonyl (C=O) groups is 3. The van der Waals surface area contributed by atoms with E-state index in [1.807, 2.05) is 0 Å². The van der Waals surface area contributed by atoms with Crippen LogP contribution in [-0.2, 0) is 28.6 Å². The van der Waals surface area contributed by atoms with Gasteiger partial charge in [-0.1, -0.05) is 283 Å². The molecule has 0 radical (unpaired) electrons. The quantitative estimate of drug-likeness (QED) is 0.0261. The SMILES string of the molecule is CC/C=C\C/C=C\C/C=C\C/C=C\C/C=C\C/C=C\C/C=C\C/C=C\CCCCCCCCCCC(=O)OCC(COC(=O)CCCCCCCCCCCC)OC(=O)CCCCCCCCC/C=C\C/C=C\C/C=C\CC. The maximum atomic E-state index is 12.9. The van der Waals surface area contributed by atoms with E-state index >= 15 is 0 Å². The molecule has 0 aromatic rings. The molecule has 6 heteroatoms. The van der Waals surface area contributed by atoms with E-state index in [-0.39, 0.29) is 31.1 Å². The van der Waals surface area contributed by atoms with Gasteiger partial charge in [-0.25, -0.2) is 0 Å². The predicted molar refractivity (Wildman–Crippen MR) is 339 cm³/mol. The van der Waals surface area contributed by atoms with E-state index in [4.69, 9.17) is 14.2 Å². The van der Waals surface area contributed by atoms with E-state index in [1.54, 1.807) is 0 Å². The van der Waals surface area contributed by atoms with Crippen LogP contribution in [-0.4, -0.2) is 37.2 Å². The highest BCUT2D eigenvalue weighted by Crippen LogP contribution is 2.15. The normalized spacial score (nSPS) is 13.0. The molecular weight excluding hydrogens is 961 g/mol. The molecule has 0 amide bonds.